The van der Waals surface area contributed by atoms with Crippen LogP contribution in [-0.2, 0) is 12.0 Å². The Hall–Kier alpha value is -1.23. The zero-order chi connectivity index (χ0) is 14.5. The maximum Gasteiger partial charge on any atom is 0.0795 e. The summed E-state index contributed by atoms with van der Waals surface area (Å²) in [7, 11) is 2.21. The topological polar surface area (TPSA) is 28.2 Å². The number of piperidine rings is 1. The first kappa shape index (κ1) is 14.7. The van der Waals surface area contributed by atoms with Crippen LogP contribution in [0.3, 0.4) is 0 Å². The van der Waals surface area contributed by atoms with E-state index in [9.17, 15) is 0 Å². The van der Waals surface area contributed by atoms with E-state index in [1.807, 2.05) is 5.51 Å². The molecule has 0 atom stereocenters. The minimum Gasteiger partial charge on any atom is -0.317 e. The lowest BCUT2D eigenvalue weighted by Gasteiger charge is -2.41. The molecule has 1 N–H and O–H groups in total. The molecule has 3 rings (SSSR count). The average molecular weight is 301 g/mol. The lowest BCUT2D eigenvalue weighted by Crippen LogP contribution is -2.46. The molecule has 1 aliphatic rings. The largest absolute Gasteiger partial charge is 0.317 e. The van der Waals surface area contributed by atoms with Crippen molar-refractivity contribution in [1.29, 1.82) is 0 Å². The van der Waals surface area contributed by atoms with E-state index in [1.165, 1.54) is 24.1 Å². The molecule has 0 aliphatic carbocycles. The van der Waals surface area contributed by atoms with Crippen LogP contribution in [0.1, 0.15) is 24.1 Å². The fourth-order valence-electron chi connectivity index (χ4n) is 3.40. The summed E-state index contributed by atoms with van der Waals surface area (Å²) in [6, 6.07) is 11.0. The third-order valence-electron chi connectivity index (χ3n) is 4.43. The first-order chi connectivity index (χ1) is 10.3. The molecule has 2 aromatic rings. The Balaban J connectivity index is 1.76. The second-order valence-electron chi connectivity index (χ2n) is 6.05. The molecule has 0 saturated carbocycles. The van der Waals surface area contributed by atoms with Gasteiger partial charge in [-0.15, -0.1) is 11.3 Å². The molecule has 0 amide bonds. The standard InChI is InChI=1S/C17H23N3S/c1-20(11-16-12-21-14-19-16)13-17(7-9-18-10-8-17)15-5-3-2-4-6-15/h2-6,12,14,18H,7-11,13H2,1H3. The summed E-state index contributed by atoms with van der Waals surface area (Å²) in [5.41, 5.74) is 4.86. The van der Waals surface area contributed by atoms with Crippen LogP contribution in [0, 0.1) is 0 Å². The van der Waals surface area contributed by atoms with Gasteiger partial charge >= 0.3 is 0 Å². The van der Waals surface area contributed by atoms with E-state index in [0.29, 0.717) is 0 Å². The number of hydrogen-bond donors (Lipinski definition) is 1. The SMILES string of the molecule is CN(Cc1cscn1)CC1(c2ccccc2)CCNCC1. The van der Waals surface area contributed by atoms with Crippen molar-refractivity contribution in [3.05, 3.63) is 52.5 Å². The lowest BCUT2D eigenvalue weighted by molar-refractivity contribution is 0.194. The van der Waals surface area contributed by atoms with Gasteiger partial charge < -0.3 is 5.32 Å². The second-order valence-corrected chi connectivity index (χ2v) is 6.77. The van der Waals surface area contributed by atoms with Crippen LogP contribution in [-0.4, -0.2) is 36.6 Å². The highest BCUT2D eigenvalue weighted by Gasteiger charge is 2.34. The maximum absolute atomic E-state index is 4.41. The van der Waals surface area contributed by atoms with Gasteiger partial charge in [-0.2, -0.15) is 0 Å². The van der Waals surface area contributed by atoms with Crippen molar-refractivity contribution in [2.45, 2.75) is 24.8 Å². The van der Waals surface area contributed by atoms with E-state index in [-0.39, 0.29) is 5.41 Å². The normalized spacial score (nSPS) is 18.0. The average Bonchev–Trinajstić information content (AvgIpc) is 3.02. The third kappa shape index (κ3) is 3.51. The molecule has 0 spiro atoms. The van der Waals surface area contributed by atoms with Gasteiger partial charge in [0, 0.05) is 23.9 Å². The number of nitrogens with one attached hydrogen (secondary N) is 1. The molecular weight excluding hydrogens is 278 g/mol. The molecule has 1 aromatic carbocycles. The Morgan fingerprint density at radius 2 is 2.00 bits per heavy atom. The first-order valence-corrected chi connectivity index (χ1v) is 8.55. The maximum atomic E-state index is 4.41. The third-order valence-corrected chi connectivity index (χ3v) is 5.07. The van der Waals surface area contributed by atoms with Gasteiger partial charge in [0.2, 0.25) is 0 Å². The molecule has 21 heavy (non-hydrogen) atoms. The van der Waals surface area contributed by atoms with Crippen molar-refractivity contribution in [2.75, 3.05) is 26.7 Å². The second kappa shape index (κ2) is 6.69. The summed E-state index contributed by atoms with van der Waals surface area (Å²) >= 11 is 1.68. The number of benzene rings is 1. The van der Waals surface area contributed by atoms with Gasteiger partial charge in [-0.3, -0.25) is 4.90 Å². The summed E-state index contributed by atoms with van der Waals surface area (Å²) in [5, 5.41) is 5.65. The summed E-state index contributed by atoms with van der Waals surface area (Å²) in [4.78, 5) is 6.83. The van der Waals surface area contributed by atoms with Crippen molar-refractivity contribution in [3.63, 3.8) is 0 Å². The summed E-state index contributed by atoms with van der Waals surface area (Å²) in [6.45, 7) is 4.25. The molecule has 4 heteroatoms. The number of thiazole rings is 1. The van der Waals surface area contributed by atoms with E-state index in [2.05, 4.69) is 58.0 Å². The molecule has 1 fully saturated rings. The van der Waals surface area contributed by atoms with Crippen LogP contribution >= 0.6 is 11.3 Å². The molecule has 1 aliphatic heterocycles. The van der Waals surface area contributed by atoms with Crippen LogP contribution in [0.4, 0.5) is 0 Å². The highest BCUT2D eigenvalue weighted by Crippen LogP contribution is 2.34. The summed E-state index contributed by atoms with van der Waals surface area (Å²) in [6.07, 6.45) is 2.41. The number of rotatable bonds is 5. The molecule has 112 valence electrons. The van der Waals surface area contributed by atoms with Crippen LogP contribution in [0.25, 0.3) is 0 Å². The molecule has 0 bridgehead atoms. The lowest BCUT2D eigenvalue weighted by atomic mass is 9.73. The van der Waals surface area contributed by atoms with Gasteiger partial charge in [-0.05, 0) is 38.5 Å². The van der Waals surface area contributed by atoms with Gasteiger partial charge in [-0.25, -0.2) is 4.98 Å². The Bertz CT molecular complexity index is 532. The van der Waals surface area contributed by atoms with E-state index >= 15 is 0 Å². The Morgan fingerprint density at radius 3 is 2.67 bits per heavy atom. The van der Waals surface area contributed by atoms with Gasteiger partial charge in [0.25, 0.3) is 0 Å². The van der Waals surface area contributed by atoms with Gasteiger partial charge in [-0.1, -0.05) is 30.3 Å². The van der Waals surface area contributed by atoms with Gasteiger partial charge in [0.05, 0.1) is 11.2 Å². The zero-order valence-electron chi connectivity index (χ0n) is 12.6. The number of hydrogen-bond acceptors (Lipinski definition) is 4. The van der Waals surface area contributed by atoms with E-state index in [1.54, 1.807) is 11.3 Å². The highest BCUT2D eigenvalue weighted by atomic mass is 32.1. The molecular formula is C17H23N3S. The Morgan fingerprint density at radius 1 is 1.24 bits per heavy atom. The van der Waals surface area contributed by atoms with Crippen molar-refractivity contribution >= 4 is 11.3 Å². The fourth-order valence-corrected chi connectivity index (χ4v) is 3.95. The first-order valence-electron chi connectivity index (χ1n) is 7.60. The number of aromatic nitrogens is 1. The van der Waals surface area contributed by atoms with Crippen molar-refractivity contribution in [2.24, 2.45) is 0 Å². The monoisotopic (exact) mass is 301 g/mol. The van der Waals surface area contributed by atoms with Crippen molar-refractivity contribution in [1.82, 2.24) is 15.2 Å². The zero-order valence-corrected chi connectivity index (χ0v) is 13.4. The van der Waals surface area contributed by atoms with E-state index in [4.69, 9.17) is 0 Å². The van der Waals surface area contributed by atoms with Crippen LogP contribution in [0.5, 0.6) is 0 Å². The summed E-state index contributed by atoms with van der Waals surface area (Å²) in [5.74, 6) is 0. The van der Waals surface area contributed by atoms with Crippen molar-refractivity contribution < 1.29 is 0 Å². The predicted molar refractivity (Wildman–Crippen MR) is 88.7 cm³/mol. The molecule has 0 radical (unpaired) electrons. The predicted octanol–water partition coefficient (Wildman–Crippen LogP) is 2.90. The quantitative estimate of drug-likeness (QED) is 0.920. The molecule has 2 heterocycles. The number of likely N-dealkylation sites (N-methyl/N-ethyl adjacent to an activating group) is 1. The minimum atomic E-state index is 0.275. The van der Waals surface area contributed by atoms with Crippen LogP contribution in [0.2, 0.25) is 0 Å². The number of nitrogens with zero attached hydrogens (tertiary/aromatic N) is 2. The van der Waals surface area contributed by atoms with Crippen LogP contribution < -0.4 is 5.32 Å². The Labute approximate surface area is 131 Å². The van der Waals surface area contributed by atoms with E-state index < -0.39 is 0 Å². The Kier molecular flexibility index (Phi) is 4.68. The van der Waals surface area contributed by atoms with E-state index in [0.717, 1.165) is 26.2 Å². The fraction of sp³-hybridized carbons (Fsp3) is 0.471. The molecule has 0 unspecified atom stereocenters. The molecule has 1 saturated heterocycles. The molecule has 1 aromatic heterocycles. The van der Waals surface area contributed by atoms with Gasteiger partial charge in [0.15, 0.2) is 0 Å². The highest BCUT2D eigenvalue weighted by molar-refractivity contribution is 7.07. The smallest absolute Gasteiger partial charge is 0.0795 e. The van der Waals surface area contributed by atoms with Crippen LogP contribution in [0.15, 0.2) is 41.2 Å². The van der Waals surface area contributed by atoms with Crippen molar-refractivity contribution in [3.8, 4) is 0 Å². The summed E-state index contributed by atoms with van der Waals surface area (Å²) < 4.78 is 0. The van der Waals surface area contributed by atoms with Gasteiger partial charge in [0.1, 0.15) is 0 Å². The minimum absolute atomic E-state index is 0.275. The molecule has 3 nitrogen and oxygen atoms in total.